The second-order valence-electron chi connectivity index (χ2n) is 7.62. The molecule has 0 aromatic carbocycles. The molecular formula is C16H25FN4O5. The highest BCUT2D eigenvalue weighted by atomic mass is 19.1. The number of amides is 1. The van der Waals surface area contributed by atoms with Crippen LogP contribution in [-0.4, -0.2) is 43.7 Å². The van der Waals surface area contributed by atoms with Gasteiger partial charge >= 0.3 is 11.8 Å². The number of alkyl carbamates (subject to hydrolysis) is 1. The van der Waals surface area contributed by atoms with Gasteiger partial charge < -0.3 is 15.2 Å². The van der Waals surface area contributed by atoms with E-state index >= 15 is 4.39 Å². The van der Waals surface area contributed by atoms with Gasteiger partial charge in [-0.25, -0.2) is 9.18 Å². The second-order valence-corrected chi connectivity index (χ2v) is 7.62. The Morgan fingerprint density at radius 2 is 2.12 bits per heavy atom. The number of aromatic nitrogens is 2. The maximum absolute atomic E-state index is 15.6. The minimum absolute atomic E-state index is 0.0410. The van der Waals surface area contributed by atoms with Crippen molar-refractivity contribution in [3.8, 4) is 0 Å². The Morgan fingerprint density at radius 3 is 2.69 bits per heavy atom. The number of aliphatic hydroxyl groups excluding tert-OH is 1. The molecule has 1 aromatic heterocycles. The van der Waals surface area contributed by atoms with E-state index in [0.717, 1.165) is 10.9 Å². The molecule has 10 heteroatoms. The third-order valence-corrected chi connectivity index (χ3v) is 4.40. The summed E-state index contributed by atoms with van der Waals surface area (Å²) in [6, 6.07) is -0.699. The highest BCUT2D eigenvalue weighted by molar-refractivity contribution is 5.68. The number of nitrogens with zero attached hydrogens (tertiary/aromatic N) is 3. The molecule has 0 bridgehead atoms. The molecule has 1 fully saturated rings. The number of carbonyl (C=O) groups is 1. The summed E-state index contributed by atoms with van der Waals surface area (Å²) >= 11 is 0. The van der Waals surface area contributed by atoms with E-state index in [1.807, 2.05) is 0 Å². The largest absolute Gasteiger partial charge is 0.444 e. The first-order valence-electron chi connectivity index (χ1n) is 8.46. The average molecular weight is 372 g/mol. The van der Waals surface area contributed by atoms with Gasteiger partial charge in [0.2, 0.25) is 0 Å². The van der Waals surface area contributed by atoms with Crippen molar-refractivity contribution in [3.05, 3.63) is 22.0 Å². The molecule has 1 aromatic rings. The van der Waals surface area contributed by atoms with Crippen LogP contribution in [0.15, 0.2) is 6.20 Å². The molecule has 1 amide bonds. The number of nitro groups is 1. The van der Waals surface area contributed by atoms with Gasteiger partial charge in [0.25, 0.3) is 0 Å². The predicted molar refractivity (Wildman–Crippen MR) is 90.3 cm³/mol. The average Bonchev–Trinajstić information content (AvgIpc) is 2.83. The van der Waals surface area contributed by atoms with Crippen LogP contribution in [0.2, 0.25) is 0 Å². The van der Waals surface area contributed by atoms with Crippen molar-refractivity contribution in [2.24, 2.45) is 7.05 Å². The smallest absolute Gasteiger partial charge is 0.407 e. The van der Waals surface area contributed by atoms with Gasteiger partial charge in [0, 0.05) is 7.05 Å². The number of hydrogen-bond acceptors (Lipinski definition) is 6. The fourth-order valence-electron chi connectivity index (χ4n) is 3.22. The van der Waals surface area contributed by atoms with Gasteiger partial charge in [0.15, 0.2) is 11.4 Å². The number of carbonyl (C=O) groups excluding carboxylic acids is 1. The minimum Gasteiger partial charge on any atom is -0.444 e. The van der Waals surface area contributed by atoms with Crippen molar-refractivity contribution < 1.29 is 24.0 Å². The van der Waals surface area contributed by atoms with Crippen LogP contribution in [0.25, 0.3) is 0 Å². The van der Waals surface area contributed by atoms with Crippen molar-refractivity contribution in [1.82, 2.24) is 15.1 Å². The standard InChI is InChI=1S/C16H25FN4O5/c1-15(2,3)26-14(23)19-10-5-7-16(17,8-6-12(10)22)13-11(21(24)25)9-18-20(13)4/h9-10,12,22H,5-8H2,1-4H3,(H,19,23). The van der Waals surface area contributed by atoms with Crippen molar-refractivity contribution in [2.75, 3.05) is 0 Å². The van der Waals surface area contributed by atoms with Crippen LogP contribution in [0.1, 0.15) is 52.1 Å². The predicted octanol–water partition coefficient (Wildman–Crippen LogP) is 2.32. The fourth-order valence-corrected chi connectivity index (χ4v) is 3.22. The summed E-state index contributed by atoms with van der Waals surface area (Å²) in [5.41, 5.74) is -3.21. The molecule has 1 saturated carbocycles. The lowest BCUT2D eigenvalue weighted by molar-refractivity contribution is -0.386. The Kier molecular flexibility index (Phi) is 5.55. The van der Waals surface area contributed by atoms with E-state index in [1.165, 1.54) is 7.05 Å². The summed E-state index contributed by atoms with van der Waals surface area (Å²) in [5.74, 6) is 0. The Balaban J connectivity index is 2.17. The van der Waals surface area contributed by atoms with Crippen molar-refractivity contribution in [1.29, 1.82) is 0 Å². The van der Waals surface area contributed by atoms with Gasteiger partial charge in [-0.15, -0.1) is 0 Å². The SMILES string of the molecule is Cn1ncc([N+](=O)[O-])c1C1(F)CCC(O)C(NC(=O)OC(C)(C)C)CC1. The molecule has 146 valence electrons. The molecule has 0 spiro atoms. The molecule has 9 nitrogen and oxygen atoms in total. The van der Waals surface area contributed by atoms with Gasteiger partial charge in [-0.1, -0.05) is 0 Å². The highest BCUT2D eigenvalue weighted by Crippen LogP contribution is 2.43. The Morgan fingerprint density at radius 1 is 1.50 bits per heavy atom. The molecule has 2 rings (SSSR count). The number of nitrogens with one attached hydrogen (secondary N) is 1. The minimum atomic E-state index is -2.01. The fraction of sp³-hybridized carbons (Fsp3) is 0.750. The normalized spacial score (nSPS) is 26.8. The van der Waals surface area contributed by atoms with Gasteiger partial charge in [0.05, 0.1) is 17.1 Å². The number of alkyl halides is 1. The Labute approximate surface area is 150 Å². The lowest BCUT2D eigenvalue weighted by atomic mass is 9.91. The third-order valence-electron chi connectivity index (χ3n) is 4.40. The van der Waals surface area contributed by atoms with E-state index in [0.29, 0.717) is 0 Å². The molecule has 26 heavy (non-hydrogen) atoms. The summed E-state index contributed by atoms with van der Waals surface area (Å²) in [4.78, 5) is 22.4. The topological polar surface area (TPSA) is 120 Å². The van der Waals surface area contributed by atoms with Crippen LogP contribution in [0.5, 0.6) is 0 Å². The van der Waals surface area contributed by atoms with E-state index in [-0.39, 0.29) is 37.1 Å². The monoisotopic (exact) mass is 372 g/mol. The van der Waals surface area contributed by atoms with Gasteiger partial charge in [-0.2, -0.15) is 5.10 Å². The van der Waals surface area contributed by atoms with E-state index in [9.17, 15) is 20.0 Å². The van der Waals surface area contributed by atoms with Crippen LogP contribution in [0.3, 0.4) is 0 Å². The van der Waals surface area contributed by atoms with E-state index in [2.05, 4.69) is 10.4 Å². The lowest BCUT2D eigenvalue weighted by Crippen LogP contribution is -2.44. The quantitative estimate of drug-likeness (QED) is 0.477. The van der Waals surface area contributed by atoms with Gasteiger partial charge in [0.1, 0.15) is 11.8 Å². The molecule has 1 aliphatic rings. The first-order chi connectivity index (χ1) is 11.9. The van der Waals surface area contributed by atoms with E-state index < -0.39 is 34.4 Å². The number of aliphatic hydroxyl groups is 1. The zero-order valence-corrected chi connectivity index (χ0v) is 15.4. The first kappa shape index (κ1) is 20.1. The molecule has 3 atom stereocenters. The Bertz CT molecular complexity index is 687. The maximum atomic E-state index is 15.6. The number of halogens is 1. The molecule has 0 aliphatic heterocycles. The molecule has 1 aliphatic carbocycles. The molecule has 0 radical (unpaired) electrons. The molecule has 3 unspecified atom stereocenters. The number of hydrogen-bond donors (Lipinski definition) is 2. The van der Waals surface area contributed by atoms with Crippen molar-refractivity contribution in [2.45, 2.75) is 69.9 Å². The molecule has 1 heterocycles. The third kappa shape index (κ3) is 4.48. The summed E-state index contributed by atoms with van der Waals surface area (Å²) in [5, 5.41) is 27.8. The Hall–Kier alpha value is -2.23. The number of ether oxygens (including phenoxy) is 1. The van der Waals surface area contributed by atoms with Crippen LogP contribution in [-0.2, 0) is 17.5 Å². The van der Waals surface area contributed by atoms with E-state index in [1.54, 1.807) is 20.8 Å². The zero-order valence-electron chi connectivity index (χ0n) is 15.4. The number of aryl methyl sites for hydroxylation is 1. The van der Waals surface area contributed by atoms with Crippen molar-refractivity contribution >= 4 is 11.8 Å². The lowest BCUT2D eigenvalue weighted by Gasteiger charge is -2.25. The zero-order chi connectivity index (χ0) is 19.7. The second kappa shape index (κ2) is 7.18. The van der Waals surface area contributed by atoms with Gasteiger partial charge in [-0.3, -0.25) is 14.8 Å². The van der Waals surface area contributed by atoms with Crippen LogP contribution in [0, 0.1) is 10.1 Å². The summed E-state index contributed by atoms with van der Waals surface area (Å²) in [6.45, 7) is 5.14. The summed E-state index contributed by atoms with van der Waals surface area (Å²) in [6.07, 6.45) is -0.703. The van der Waals surface area contributed by atoms with Crippen LogP contribution in [0.4, 0.5) is 14.9 Å². The first-order valence-corrected chi connectivity index (χ1v) is 8.46. The number of rotatable bonds is 3. The van der Waals surface area contributed by atoms with Crippen LogP contribution >= 0.6 is 0 Å². The van der Waals surface area contributed by atoms with Gasteiger partial charge in [-0.05, 0) is 46.5 Å². The van der Waals surface area contributed by atoms with Crippen LogP contribution < -0.4 is 5.32 Å². The highest BCUT2D eigenvalue weighted by Gasteiger charge is 2.45. The summed E-state index contributed by atoms with van der Waals surface area (Å²) < 4.78 is 21.9. The maximum Gasteiger partial charge on any atom is 0.407 e. The summed E-state index contributed by atoms with van der Waals surface area (Å²) in [7, 11) is 1.45. The van der Waals surface area contributed by atoms with Crippen molar-refractivity contribution in [3.63, 3.8) is 0 Å². The van der Waals surface area contributed by atoms with E-state index in [4.69, 9.17) is 4.74 Å². The molecule has 0 saturated heterocycles. The molecular weight excluding hydrogens is 347 g/mol. The molecule has 2 N–H and O–H groups in total.